The second-order valence-corrected chi connectivity index (χ2v) is 12.0. The van der Waals surface area contributed by atoms with Crippen molar-refractivity contribution in [3.63, 3.8) is 0 Å². The molecule has 0 bridgehead atoms. The molecule has 0 N–H and O–H groups in total. The maximum absolute atomic E-state index is 6.05. The Labute approximate surface area is 286 Å². The van der Waals surface area contributed by atoms with Gasteiger partial charge in [0.1, 0.15) is 0 Å². The molecule has 0 saturated heterocycles. The molecule has 2 aromatic heterocycles. The molecule has 0 saturated carbocycles. The molecule has 0 aromatic carbocycles. The first-order valence-electron chi connectivity index (χ1n) is 17.6. The van der Waals surface area contributed by atoms with E-state index in [0.717, 1.165) is 57.1 Å². The average molecular weight is 729 g/mol. The van der Waals surface area contributed by atoms with Gasteiger partial charge in [-0.1, -0.05) is 129 Å². The molecule has 6 heteroatoms. The Morgan fingerprint density at radius 3 is 1.12 bits per heavy atom. The van der Waals surface area contributed by atoms with E-state index in [1.165, 1.54) is 116 Å². The molecule has 0 aliphatic heterocycles. The summed E-state index contributed by atoms with van der Waals surface area (Å²) in [6.07, 6.45) is 36.7. The van der Waals surface area contributed by atoms with E-state index in [9.17, 15) is 0 Å². The van der Waals surface area contributed by atoms with Gasteiger partial charge < -0.3 is 43.4 Å². The lowest BCUT2D eigenvalue weighted by molar-refractivity contribution is -0.727. The smallest absolute Gasteiger partial charge is 0.211 e. The van der Waals surface area contributed by atoms with Crippen molar-refractivity contribution in [3.8, 4) is 11.5 Å². The topological polar surface area (TPSA) is 26.2 Å². The Kier molecular flexibility index (Phi) is 30.0. The van der Waals surface area contributed by atoms with E-state index >= 15 is 0 Å². The number of hydrogen-bond acceptors (Lipinski definition) is 2. The highest BCUT2D eigenvalue weighted by molar-refractivity contribution is 5.13. The van der Waals surface area contributed by atoms with Crippen LogP contribution in [0.15, 0.2) is 49.1 Å². The van der Waals surface area contributed by atoms with Crippen molar-refractivity contribution in [1.82, 2.24) is 0 Å². The molecule has 2 aromatic rings. The molecule has 2 heterocycles. The van der Waals surface area contributed by atoms with E-state index in [-0.39, 0.29) is 34.0 Å². The Balaban J connectivity index is 0.00000882. The summed E-state index contributed by atoms with van der Waals surface area (Å²) in [6, 6.07) is 8.36. The highest BCUT2D eigenvalue weighted by atomic mass is 79.9. The molecule has 0 aliphatic carbocycles. The summed E-state index contributed by atoms with van der Waals surface area (Å²) < 4.78 is 16.6. The lowest BCUT2D eigenvalue weighted by atomic mass is 10.1. The van der Waals surface area contributed by atoms with Crippen molar-refractivity contribution in [3.05, 3.63) is 49.1 Å². The number of aryl methyl sites for hydroxylation is 2. The zero-order valence-electron chi connectivity index (χ0n) is 27.8. The summed E-state index contributed by atoms with van der Waals surface area (Å²) in [4.78, 5) is 0. The van der Waals surface area contributed by atoms with Crippen LogP contribution < -0.4 is 52.6 Å². The number of aromatic nitrogens is 2. The first-order valence-corrected chi connectivity index (χ1v) is 17.6. The van der Waals surface area contributed by atoms with Crippen molar-refractivity contribution in [2.24, 2.45) is 0 Å². The normalized spacial score (nSPS) is 10.7. The number of unbranched alkanes of at least 4 members (excludes halogenated alkanes) is 18. The van der Waals surface area contributed by atoms with Gasteiger partial charge in [0, 0.05) is 12.1 Å². The predicted molar refractivity (Wildman–Crippen MR) is 173 cm³/mol. The molecule has 0 radical (unpaired) electrons. The highest BCUT2D eigenvalue weighted by Gasteiger charge is 2.08. The lowest BCUT2D eigenvalue weighted by Gasteiger charge is -2.06. The first-order chi connectivity index (χ1) is 20.3. The van der Waals surface area contributed by atoms with Gasteiger partial charge in [0.15, 0.2) is 37.0 Å². The number of halogens is 2. The predicted octanol–water partition coefficient (Wildman–Crippen LogP) is 3.96. The maximum atomic E-state index is 6.05. The van der Waals surface area contributed by atoms with E-state index in [0.29, 0.717) is 0 Å². The Bertz CT molecular complexity index is 799. The van der Waals surface area contributed by atoms with Gasteiger partial charge in [-0.15, -0.1) is 0 Å². The molecule has 0 spiro atoms. The minimum atomic E-state index is 0. The monoisotopic (exact) mass is 726 g/mol. The number of rotatable bonds is 28. The van der Waals surface area contributed by atoms with Crippen molar-refractivity contribution >= 4 is 0 Å². The molecule has 0 fully saturated rings. The molecule has 0 unspecified atom stereocenters. The van der Waals surface area contributed by atoms with Gasteiger partial charge in [0.05, 0.1) is 19.6 Å². The standard InChI is InChI=1S/C37H64N2O2.2BrH/c1-3-5-7-9-11-13-15-17-19-21-32-40-36-26-23-28-38(34-36)30-25-31-39-29-24-27-37(35-39)41-33-22-20-18-16-14-12-10-8-6-4-2;;/h23-24,26-29,34-35H,3-22,25,30-33H2,1-2H3;2*1H/q+2;;/p-2. The van der Waals surface area contributed by atoms with Gasteiger partial charge in [-0.25, -0.2) is 9.13 Å². The van der Waals surface area contributed by atoms with Crippen LogP contribution in [0.4, 0.5) is 0 Å². The van der Waals surface area contributed by atoms with E-state index in [1.54, 1.807) is 0 Å². The molecule has 248 valence electrons. The Hall–Kier alpha value is -1.14. The van der Waals surface area contributed by atoms with Crippen LogP contribution in [0.3, 0.4) is 0 Å². The van der Waals surface area contributed by atoms with Crippen molar-refractivity contribution in [1.29, 1.82) is 0 Å². The second-order valence-electron chi connectivity index (χ2n) is 12.0. The number of ether oxygens (including phenoxy) is 2. The summed E-state index contributed by atoms with van der Waals surface area (Å²) in [7, 11) is 0. The van der Waals surface area contributed by atoms with E-state index < -0.39 is 0 Å². The maximum Gasteiger partial charge on any atom is 0.211 e. The summed E-state index contributed by atoms with van der Waals surface area (Å²) in [5.74, 6) is 1.97. The van der Waals surface area contributed by atoms with Crippen LogP contribution in [0.2, 0.25) is 0 Å². The zero-order chi connectivity index (χ0) is 29.1. The Morgan fingerprint density at radius 2 is 0.767 bits per heavy atom. The number of pyridine rings is 2. The van der Waals surface area contributed by atoms with Crippen LogP contribution >= 0.6 is 0 Å². The molecule has 0 atom stereocenters. The number of hydrogen-bond donors (Lipinski definition) is 0. The van der Waals surface area contributed by atoms with Crippen molar-refractivity contribution in [2.75, 3.05) is 13.2 Å². The fraction of sp³-hybridized carbons (Fsp3) is 0.730. The minimum Gasteiger partial charge on any atom is -1.00 e. The molecule has 2 rings (SSSR count). The molecular formula is C37H64Br2N2O2. The third kappa shape index (κ3) is 23.9. The van der Waals surface area contributed by atoms with Gasteiger partial charge in [0.25, 0.3) is 0 Å². The fourth-order valence-electron chi connectivity index (χ4n) is 5.44. The van der Waals surface area contributed by atoms with Gasteiger partial charge in [0.2, 0.25) is 12.4 Å². The second kappa shape index (κ2) is 30.9. The van der Waals surface area contributed by atoms with Crippen LogP contribution in [0.5, 0.6) is 11.5 Å². The van der Waals surface area contributed by atoms with Crippen LogP contribution in [0, 0.1) is 0 Å². The summed E-state index contributed by atoms with van der Waals surface area (Å²) in [5, 5.41) is 0. The summed E-state index contributed by atoms with van der Waals surface area (Å²) in [6.45, 7) is 8.17. The highest BCUT2D eigenvalue weighted by Crippen LogP contribution is 2.13. The summed E-state index contributed by atoms with van der Waals surface area (Å²) >= 11 is 0. The van der Waals surface area contributed by atoms with Gasteiger partial charge in [-0.2, -0.15) is 0 Å². The van der Waals surface area contributed by atoms with E-state index in [1.807, 2.05) is 0 Å². The molecule has 0 aliphatic rings. The van der Waals surface area contributed by atoms with Gasteiger partial charge in [-0.05, 0) is 25.0 Å². The van der Waals surface area contributed by atoms with Crippen molar-refractivity contribution < 1.29 is 52.6 Å². The zero-order valence-corrected chi connectivity index (χ0v) is 30.9. The molecular weight excluding hydrogens is 664 g/mol. The van der Waals surface area contributed by atoms with E-state index in [4.69, 9.17) is 9.47 Å². The third-order valence-electron chi connectivity index (χ3n) is 8.03. The molecule has 0 amide bonds. The largest absolute Gasteiger partial charge is 1.00 e. The Morgan fingerprint density at radius 1 is 0.442 bits per heavy atom. The lowest BCUT2D eigenvalue weighted by Crippen LogP contribution is -3.00. The quantitative estimate of drug-likeness (QED) is 0.0981. The van der Waals surface area contributed by atoms with Crippen LogP contribution in [0.25, 0.3) is 0 Å². The fourth-order valence-corrected chi connectivity index (χ4v) is 5.44. The third-order valence-corrected chi connectivity index (χ3v) is 8.03. The average Bonchev–Trinajstić information content (AvgIpc) is 2.99. The molecule has 43 heavy (non-hydrogen) atoms. The van der Waals surface area contributed by atoms with E-state index in [2.05, 4.69) is 72.0 Å². The van der Waals surface area contributed by atoms with Crippen molar-refractivity contribution in [2.45, 2.75) is 162 Å². The van der Waals surface area contributed by atoms with Crippen LogP contribution in [0.1, 0.15) is 149 Å². The SMILES string of the molecule is CCCCCCCCCCCCOc1ccc[n+](CCC[n+]2cccc(OCCCCCCCCCCCC)c2)c1.[Br-].[Br-]. The van der Waals surface area contributed by atoms with Crippen LogP contribution in [-0.4, -0.2) is 13.2 Å². The molecule has 4 nitrogen and oxygen atoms in total. The van der Waals surface area contributed by atoms with Crippen LogP contribution in [-0.2, 0) is 13.1 Å². The summed E-state index contributed by atoms with van der Waals surface area (Å²) in [5.41, 5.74) is 0. The first kappa shape index (κ1) is 41.9. The van der Waals surface area contributed by atoms with Gasteiger partial charge >= 0.3 is 0 Å². The number of nitrogens with zero attached hydrogens (tertiary/aromatic N) is 2. The minimum absolute atomic E-state index is 0. The van der Waals surface area contributed by atoms with Gasteiger partial charge in [-0.3, -0.25) is 0 Å².